The number of hydrogen-bond donors (Lipinski definition) is 1. The van der Waals surface area contributed by atoms with Gasteiger partial charge in [-0.3, -0.25) is 14.6 Å². The topological polar surface area (TPSA) is 71.1 Å². The molecule has 0 unspecified atom stereocenters. The summed E-state index contributed by atoms with van der Waals surface area (Å²) in [5.74, 6) is 0.262. The van der Waals surface area contributed by atoms with Crippen LogP contribution in [-0.2, 0) is 22.5 Å². The second-order valence-electron chi connectivity index (χ2n) is 9.06. The zero-order chi connectivity index (χ0) is 24.1. The van der Waals surface area contributed by atoms with Crippen molar-refractivity contribution in [1.82, 2.24) is 15.1 Å². The van der Waals surface area contributed by atoms with E-state index in [-0.39, 0.29) is 30.2 Å². The lowest BCUT2D eigenvalue weighted by Crippen LogP contribution is -2.57. The molecular formula is C26H32FN3O4. The molecule has 0 spiro atoms. The molecule has 34 heavy (non-hydrogen) atoms. The minimum Gasteiger partial charge on any atom is -0.497 e. The van der Waals surface area contributed by atoms with Crippen LogP contribution in [0.25, 0.3) is 0 Å². The first-order valence-electron chi connectivity index (χ1n) is 11.7. The molecule has 2 saturated heterocycles. The minimum absolute atomic E-state index is 0.0218. The van der Waals surface area contributed by atoms with Gasteiger partial charge in [0.1, 0.15) is 17.1 Å². The van der Waals surface area contributed by atoms with Crippen molar-refractivity contribution in [2.75, 3.05) is 40.5 Å². The Bertz CT molecular complexity index is 1020. The third kappa shape index (κ3) is 5.08. The van der Waals surface area contributed by atoms with Crippen LogP contribution in [0.3, 0.4) is 0 Å². The number of benzene rings is 2. The number of methoxy groups -OCH3 is 2. The van der Waals surface area contributed by atoms with Gasteiger partial charge >= 0.3 is 6.03 Å². The molecule has 2 fully saturated rings. The van der Waals surface area contributed by atoms with Gasteiger partial charge in [-0.05, 0) is 67.2 Å². The van der Waals surface area contributed by atoms with Crippen molar-refractivity contribution in [2.45, 2.75) is 31.3 Å². The number of rotatable bonds is 9. The number of imide groups is 1. The Balaban J connectivity index is 1.54. The number of nitrogens with zero attached hydrogens (tertiary/aromatic N) is 2. The number of amides is 3. The van der Waals surface area contributed by atoms with Crippen LogP contribution in [0.1, 0.15) is 24.0 Å². The first-order chi connectivity index (χ1) is 16.4. The van der Waals surface area contributed by atoms with Gasteiger partial charge in [-0.25, -0.2) is 9.18 Å². The van der Waals surface area contributed by atoms with Gasteiger partial charge in [0.15, 0.2) is 0 Å². The first kappa shape index (κ1) is 24.2. The van der Waals surface area contributed by atoms with Crippen molar-refractivity contribution in [3.05, 3.63) is 65.5 Å². The lowest BCUT2D eigenvalue weighted by atomic mass is 9.74. The molecule has 182 valence electrons. The lowest BCUT2D eigenvalue weighted by Gasteiger charge is -2.41. The molecule has 1 N–H and O–H groups in total. The van der Waals surface area contributed by atoms with E-state index >= 15 is 0 Å². The molecule has 3 amide bonds. The van der Waals surface area contributed by atoms with E-state index in [1.165, 1.54) is 11.0 Å². The van der Waals surface area contributed by atoms with E-state index in [4.69, 9.17) is 9.47 Å². The highest BCUT2D eigenvalue weighted by molar-refractivity contribution is 6.07. The molecule has 8 heteroatoms. The van der Waals surface area contributed by atoms with Crippen LogP contribution in [0.5, 0.6) is 5.75 Å². The number of urea groups is 1. The number of piperidine rings is 1. The molecule has 4 rings (SSSR count). The normalized spacial score (nSPS) is 21.7. The summed E-state index contributed by atoms with van der Waals surface area (Å²) in [6, 6.07) is 13.9. The van der Waals surface area contributed by atoms with Crippen molar-refractivity contribution >= 4 is 11.9 Å². The number of nitrogens with one attached hydrogen (secondary N) is 1. The molecule has 0 bridgehead atoms. The van der Waals surface area contributed by atoms with E-state index in [0.29, 0.717) is 25.3 Å². The van der Waals surface area contributed by atoms with Crippen LogP contribution in [0, 0.1) is 11.7 Å². The van der Waals surface area contributed by atoms with Crippen molar-refractivity contribution in [3.8, 4) is 5.75 Å². The van der Waals surface area contributed by atoms with E-state index < -0.39 is 5.54 Å². The summed E-state index contributed by atoms with van der Waals surface area (Å²) in [6.45, 7) is 2.71. The number of carbonyl (C=O) groups excluding carboxylic acids is 2. The van der Waals surface area contributed by atoms with E-state index in [1.807, 2.05) is 30.3 Å². The SMILES string of the molecule is COCCN1C(=O)N[C@@](Cc2cccc(OC)c2)(C2CCN(Cc3cccc(F)c3)CC2)C1=O. The van der Waals surface area contributed by atoms with E-state index in [9.17, 15) is 14.0 Å². The van der Waals surface area contributed by atoms with Gasteiger partial charge in [-0.2, -0.15) is 0 Å². The monoisotopic (exact) mass is 469 g/mol. The summed E-state index contributed by atoms with van der Waals surface area (Å²) in [5.41, 5.74) is 0.853. The van der Waals surface area contributed by atoms with Gasteiger partial charge in [0.05, 0.1) is 20.3 Å². The van der Waals surface area contributed by atoms with Gasteiger partial charge in [-0.1, -0.05) is 24.3 Å². The Morgan fingerprint density at radius 2 is 1.79 bits per heavy atom. The summed E-state index contributed by atoms with van der Waals surface area (Å²) >= 11 is 0. The highest BCUT2D eigenvalue weighted by atomic mass is 19.1. The van der Waals surface area contributed by atoms with Crippen LogP contribution >= 0.6 is 0 Å². The van der Waals surface area contributed by atoms with Gasteiger partial charge in [0.2, 0.25) is 0 Å². The molecule has 2 aliphatic rings. The summed E-state index contributed by atoms with van der Waals surface area (Å²) in [4.78, 5) is 30.1. The third-order valence-electron chi connectivity index (χ3n) is 6.92. The maximum absolute atomic E-state index is 13.7. The first-order valence-corrected chi connectivity index (χ1v) is 11.7. The van der Waals surface area contributed by atoms with Crippen LogP contribution in [0.15, 0.2) is 48.5 Å². The smallest absolute Gasteiger partial charge is 0.325 e. The van der Waals surface area contributed by atoms with Crippen LogP contribution in [0.2, 0.25) is 0 Å². The van der Waals surface area contributed by atoms with E-state index in [2.05, 4.69) is 10.2 Å². The Kier molecular flexibility index (Phi) is 7.48. The Labute approximate surface area is 199 Å². The van der Waals surface area contributed by atoms with Gasteiger partial charge < -0.3 is 14.8 Å². The van der Waals surface area contributed by atoms with Gasteiger partial charge in [-0.15, -0.1) is 0 Å². The molecule has 0 aliphatic carbocycles. The van der Waals surface area contributed by atoms with Crippen molar-refractivity contribution in [3.63, 3.8) is 0 Å². The average Bonchev–Trinajstić information content (AvgIpc) is 3.07. The Hall–Kier alpha value is -2.97. The van der Waals surface area contributed by atoms with Gasteiger partial charge in [0.25, 0.3) is 5.91 Å². The number of likely N-dealkylation sites (tertiary alicyclic amines) is 1. The van der Waals surface area contributed by atoms with E-state index in [0.717, 1.165) is 37.1 Å². The summed E-state index contributed by atoms with van der Waals surface area (Å²) in [7, 11) is 3.16. The molecule has 1 atom stereocenters. The molecule has 2 aliphatic heterocycles. The second-order valence-corrected chi connectivity index (χ2v) is 9.06. The van der Waals surface area contributed by atoms with Gasteiger partial charge in [0, 0.05) is 20.1 Å². The number of halogens is 1. The van der Waals surface area contributed by atoms with Crippen molar-refractivity contribution in [2.24, 2.45) is 5.92 Å². The number of ether oxygens (including phenoxy) is 2. The average molecular weight is 470 g/mol. The predicted octanol–water partition coefficient (Wildman–Crippen LogP) is 3.23. The zero-order valence-corrected chi connectivity index (χ0v) is 19.8. The molecule has 0 aromatic heterocycles. The highest BCUT2D eigenvalue weighted by Crippen LogP contribution is 2.37. The highest BCUT2D eigenvalue weighted by Gasteiger charge is 2.55. The number of hydrogen-bond acceptors (Lipinski definition) is 5. The minimum atomic E-state index is -1.01. The van der Waals surface area contributed by atoms with Crippen LogP contribution in [0.4, 0.5) is 9.18 Å². The largest absolute Gasteiger partial charge is 0.497 e. The third-order valence-corrected chi connectivity index (χ3v) is 6.92. The number of carbonyl (C=O) groups is 2. The molecular weight excluding hydrogens is 437 g/mol. The molecule has 2 aromatic rings. The molecule has 0 saturated carbocycles. The van der Waals surface area contributed by atoms with Crippen LogP contribution < -0.4 is 10.1 Å². The lowest BCUT2D eigenvalue weighted by molar-refractivity contribution is -0.134. The fourth-order valence-electron chi connectivity index (χ4n) is 5.15. The quantitative estimate of drug-likeness (QED) is 0.571. The Morgan fingerprint density at radius 1 is 1.06 bits per heavy atom. The Morgan fingerprint density at radius 3 is 2.50 bits per heavy atom. The standard InChI is InChI=1S/C26H32FN3O4/c1-33-14-13-30-24(31)26(28-25(30)32,17-19-5-4-8-23(16-19)34-2)21-9-11-29(12-10-21)18-20-6-3-7-22(27)15-20/h3-8,15-16,21H,9-14,17-18H2,1-2H3,(H,28,32)/t26-/m0/s1. The molecule has 0 radical (unpaired) electrons. The van der Waals surface area contributed by atoms with Crippen molar-refractivity contribution in [1.29, 1.82) is 0 Å². The zero-order valence-electron chi connectivity index (χ0n) is 19.8. The van der Waals surface area contributed by atoms with Crippen LogP contribution in [-0.4, -0.2) is 67.7 Å². The fourth-order valence-corrected chi connectivity index (χ4v) is 5.15. The fraction of sp³-hybridized carbons (Fsp3) is 0.462. The predicted molar refractivity (Wildman–Crippen MR) is 126 cm³/mol. The maximum atomic E-state index is 13.7. The van der Waals surface area contributed by atoms with Crippen molar-refractivity contribution < 1.29 is 23.5 Å². The summed E-state index contributed by atoms with van der Waals surface area (Å²) in [6.07, 6.45) is 1.90. The summed E-state index contributed by atoms with van der Waals surface area (Å²) in [5, 5.41) is 3.08. The summed E-state index contributed by atoms with van der Waals surface area (Å²) < 4.78 is 24.1. The maximum Gasteiger partial charge on any atom is 0.325 e. The second kappa shape index (κ2) is 10.5. The molecule has 2 heterocycles. The molecule has 7 nitrogen and oxygen atoms in total. The molecule has 2 aromatic carbocycles. The van der Waals surface area contributed by atoms with E-state index in [1.54, 1.807) is 26.4 Å².